The third-order valence-electron chi connectivity index (χ3n) is 7.21. The average Bonchev–Trinajstić information content (AvgIpc) is 3.00. The predicted molar refractivity (Wildman–Crippen MR) is 149 cm³/mol. The van der Waals surface area contributed by atoms with E-state index in [0.717, 1.165) is 31.3 Å². The summed E-state index contributed by atoms with van der Waals surface area (Å²) in [6.07, 6.45) is 0. The second-order valence-corrected chi connectivity index (χ2v) is 8.86. The van der Waals surface area contributed by atoms with Gasteiger partial charge in [-0.15, -0.1) is 0 Å². The summed E-state index contributed by atoms with van der Waals surface area (Å²) in [5.74, 6) is 3.35. The van der Waals surface area contributed by atoms with Crippen LogP contribution in [0.1, 0.15) is 0 Å². The molecule has 1 aliphatic rings. The van der Waals surface area contributed by atoms with Gasteiger partial charge in [0.1, 0.15) is 0 Å². The van der Waals surface area contributed by atoms with Gasteiger partial charge in [0.2, 0.25) is 23.0 Å². The second-order valence-electron chi connectivity index (χ2n) is 8.86. The molecule has 1 aliphatic carbocycles. The summed E-state index contributed by atoms with van der Waals surface area (Å²) in [5, 5.41) is 6.55. The Morgan fingerprint density at radius 1 is 0.275 bits per heavy atom. The van der Waals surface area contributed by atoms with Gasteiger partial charge >= 0.3 is 0 Å². The quantitative estimate of drug-likeness (QED) is 0.263. The zero-order valence-corrected chi connectivity index (χ0v) is 23.9. The summed E-state index contributed by atoms with van der Waals surface area (Å²) in [6.45, 7) is 0. The minimum absolute atomic E-state index is 0.369. The molecule has 0 bridgehead atoms. The highest BCUT2D eigenvalue weighted by atomic mass is 16.6. The van der Waals surface area contributed by atoms with Crippen LogP contribution in [0.5, 0.6) is 46.0 Å². The molecule has 4 aromatic rings. The molecule has 0 N–H and O–H groups in total. The molecule has 0 heterocycles. The third-order valence-corrected chi connectivity index (χ3v) is 7.21. The summed E-state index contributed by atoms with van der Waals surface area (Å²) in [5.41, 5.74) is 0. The van der Waals surface area contributed by atoms with Crippen LogP contribution in [0.2, 0.25) is 0 Å². The lowest BCUT2D eigenvalue weighted by Gasteiger charge is -2.20. The Morgan fingerprint density at radius 2 is 0.500 bits per heavy atom. The van der Waals surface area contributed by atoms with Crippen molar-refractivity contribution >= 4 is 0 Å². The van der Waals surface area contributed by atoms with E-state index in [2.05, 4.69) is 12.1 Å². The maximum atomic E-state index is 6.11. The normalized spacial score (nSPS) is 14.6. The van der Waals surface area contributed by atoms with Gasteiger partial charge in [-0.3, -0.25) is 0 Å². The van der Waals surface area contributed by atoms with Gasteiger partial charge in [0.25, 0.3) is 0 Å². The van der Waals surface area contributed by atoms with E-state index in [1.165, 1.54) is 0 Å². The largest absolute Gasteiger partial charge is 0.492 e. The maximum Gasteiger partial charge on any atom is 0.207 e. The molecule has 40 heavy (non-hydrogen) atoms. The molecule has 0 amide bonds. The Labute approximate surface area is 231 Å². The highest BCUT2D eigenvalue weighted by molar-refractivity contribution is 5.66. The molecular formula is C32H32O8. The number of benzene rings is 4. The van der Waals surface area contributed by atoms with Gasteiger partial charge in [-0.2, -0.15) is 0 Å². The summed E-state index contributed by atoms with van der Waals surface area (Å²) < 4.78 is 47.9. The van der Waals surface area contributed by atoms with Crippen LogP contribution < -0.4 is 37.9 Å². The number of ether oxygens (including phenoxy) is 8. The van der Waals surface area contributed by atoms with E-state index in [-0.39, 0.29) is 0 Å². The van der Waals surface area contributed by atoms with Crippen molar-refractivity contribution in [3.05, 3.63) is 90.3 Å². The molecule has 4 aromatic carbocycles. The van der Waals surface area contributed by atoms with Crippen LogP contribution in [0.15, 0.2) is 48.5 Å². The molecule has 8 nitrogen and oxygen atoms in total. The van der Waals surface area contributed by atoms with Crippen molar-refractivity contribution in [2.45, 2.75) is 0 Å². The van der Waals surface area contributed by atoms with E-state index in [1.54, 1.807) is 56.9 Å². The fourth-order valence-corrected chi connectivity index (χ4v) is 5.70. The first-order valence-electron chi connectivity index (χ1n) is 12.6. The first-order valence-corrected chi connectivity index (χ1v) is 12.6. The van der Waals surface area contributed by atoms with Crippen molar-refractivity contribution in [3.8, 4) is 46.0 Å². The van der Waals surface area contributed by atoms with Crippen molar-refractivity contribution in [2.75, 3.05) is 56.9 Å². The van der Waals surface area contributed by atoms with Crippen molar-refractivity contribution in [2.24, 2.45) is 0 Å². The molecule has 0 saturated carbocycles. The molecule has 0 atom stereocenters. The average molecular weight is 545 g/mol. The van der Waals surface area contributed by atoms with E-state index in [0.29, 0.717) is 56.4 Å². The van der Waals surface area contributed by atoms with Gasteiger partial charge in [0.05, 0.1) is 56.9 Å². The number of rotatable bonds is 8. The molecule has 0 radical (unpaired) electrons. The molecule has 5 rings (SSSR count). The highest BCUT2D eigenvalue weighted by Gasteiger charge is 2.27. The van der Waals surface area contributed by atoms with Crippen LogP contribution in [-0.4, -0.2) is 56.9 Å². The Bertz CT molecular complexity index is 1860. The number of hydrogen-bond acceptors (Lipinski definition) is 8. The van der Waals surface area contributed by atoms with Crippen molar-refractivity contribution in [1.82, 2.24) is 0 Å². The van der Waals surface area contributed by atoms with E-state index in [9.17, 15) is 0 Å². The number of fused-ring (bicyclic) bond motifs is 4. The van der Waals surface area contributed by atoms with Crippen molar-refractivity contribution < 1.29 is 37.9 Å². The monoisotopic (exact) mass is 544 g/mol. The summed E-state index contributed by atoms with van der Waals surface area (Å²) >= 11 is 0. The van der Waals surface area contributed by atoms with Gasteiger partial charge in [-0.05, 0) is 20.9 Å². The van der Waals surface area contributed by atoms with Crippen molar-refractivity contribution in [1.29, 1.82) is 0 Å². The lowest BCUT2D eigenvalue weighted by atomic mass is 9.98. The zero-order valence-electron chi connectivity index (χ0n) is 23.9. The standard InChI is InChI=1S/C32H32O8/c1-33-25-21-19-15-11-9-13-17(19)18-14-10-12-16-20(18)22-24(23(21)27(35-3)31(39-7)29(25)37-5)28(36-4)32(40-8)30(38-6)26(22)34-2/h9-16H,1-8H3/b18-17-,21-19+,22-20+,24-23-. The van der Waals surface area contributed by atoms with Crippen LogP contribution in [0.4, 0.5) is 0 Å². The summed E-state index contributed by atoms with van der Waals surface area (Å²) in [7, 11) is 12.7. The molecule has 0 aromatic heterocycles. The molecular weight excluding hydrogens is 512 g/mol. The Hall–Kier alpha value is -4.72. The maximum absolute atomic E-state index is 6.11. The SMILES string of the molecule is COc1c(OC)c(OC)c2/c(c1OC)=c1/c(OC)c(OC)c(OC)c(OC)/c1=c1\cccc\c1=c1/cccc/c1=2. The molecule has 0 unspecified atom stereocenters. The van der Waals surface area contributed by atoms with Gasteiger partial charge in [0, 0.05) is 20.9 Å². The van der Waals surface area contributed by atoms with Crippen LogP contribution in [-0.2, 0) is 0 Å². The predicted octanol–water partition coefficient (Wildman–Crippen LogP) is 5.22. The first kappa shape index (κ1) is 26.9. The Kier molecular flexibility index (Phi) is 7.26. The summed E-state index contributed by atoms with van der Waals surface area (Å²) in [4.78, 5) is 0. The molecule has 8 heteroatoms. The Balaban J connectivity index is 2.55. The minimum atomic E-state index is 0.369. The molecule has 0 aliphatic heterocycles. The van der Waals surface area contributed by atoms with Crippen LogP contribution in [0.3, 0.4) is 0 Å². The number of hydrogen-bond donors (Lipinski definition) is 0. The van der Waals surface area contributed by atoms with Gasteiger partial charge < -0.3 is 37.9 Å². The Morgan fingerprint density at radius 3 is 0.750 bits per heavy atom. The molecule has 0 fully saturated rings. The topological polar surface area (TPSA) is 73.8 Å². The van der Waals surface area contributed by atoms with Gasteiger partial charge in [-0.1, -0.05) is 48.5 Å². The van der Waals surface area contributed by atoms with E-state index >= 15 is 0 Å². The smallest absolute Gasteiger partial charge is 0.207 e. The van der Waals surface area contributed by atoms with Crippen LogP contribution in [0.25, 0.3) is 0 Å². The lowest BCUT2D eigenvalue weighted by molar-refractivity contribution is 0.299. The molecule has 208 valence electrons. The van der Waals surface area contributed by atoms with E-state index < -0.39 is 0 Å². The number of methoxy groups -OCH3 is 8. The second kappa shape index (κ2) is 10.8. The lowest BCUT2D eigenvalue weighted by Crippen LogP contribution is -2.05. The van der Waals surface area contributed by atoms with Crippen LogP contribution in [0, 0.1) is 41.7 Å². The fraction of sp³-hybridized carbons (Fsp3) is 0.250. The zero-order chi connectivity index (χ0) is 28.6. The first-order chi connectivity index (χ1) is 19.6. The molecule has 0 spiro atoms. The van der Waals surface area contributed by atoms with Gasteiger partial charge in [0.15, 0.2) is 23.0 Å². The highest BCUT2D eigenvalue weighted by Crippen LogP contribution is 2.51. The fourth-order valence-electron chi connectivity index (χ4n) is 5.70. The van der Waals surface area contributed by atoms with Crippen LogP contribution >= 0.6 is 0 Å². The van der Waals surface area contributed by atoms with Crippen molar-refractivity contribution in [3.63, 3.8) is 0 Å². The van der Waals surface area contributed by atoms with E-state index in [1.807, 2.05) is 36.4 Å². The molecule has 0 saturated heterocycles. The van der Waals surface area contributed by atoms with Gasteiger partial charge in [-0.25, -0.2) is 0 Å². The van der Waals surface area contributed by atoms with E-state index in [4.69, 9.17) is 37.9 Å². The summed E-state index contributed by atoms with van der Waals surface area (Å²) in [6, 6.07) is 16.3. The minimum Gasteiger partial charge on any atom is -0.492 e. The third kappa shape index (κ3) is 3.66.